The maximum Gasteiger partial charge on any atom is 0.269 e. The van der Waals surface area contributed by atoms with Crippen LogP contribution in [0.15, 0.2) is 24.3 Å². The Balaban J connectivity index is 2.49. The van der Waals surface area contributed by atoms with Crippen LogP contribution >= 0.6 is 0 Å². The molecule has 0 bridgehead atoms. The minimum Gasteiger partial charge on any atom is -0.317 e. The van der Waals surface area contributed by atoms with Crippen molar-refractivity contribution in [1.29, 1.82) is 0 Å². The van der Waals surface area contributed by atoms with Crippen LogP contribution in [0.4, 0.5) is 5.69 Å². The third-order valence-electron chi connectivity index (χ3n) is 3.09. The van der Waals surface area contributed by atoms with Gasteiger partial charge in [0, 0.05) is 18.2 Å². The number of nitro benzene ring substituents is 1. The summed E-state index contributed by atoms with van der Waals surface area (Å²) in [5, 5.41) is 13.9. The summed E-state index contributed by atoms with van der Waals surface area (Å²) in [6.07, 6.45) is 3.17. The average molecular weight is 250 g/mol. The lowest BCUT2D eigenvalue weighted by atomic mass is 9.97. The predicted molar refractivity (Wildman–Crippen MR) is 73.7 cm³/mol. The van der Waals surface area contributed by atoms with Crippen LogP contribution in [-0.4, -0.2) is 18.0 Å². The van der Waals surface area contributed by atoms with Crippen LogP contribution in [0, 0.1) is 16.0 Å². The van der Waals surface area contributed by atoms with Gasteiger partial charge in [-0.1, -0.05) is 26.0 Å². The second kappa shape index (κ2) is 7.11. The Morgan fingerprint density at radius 2 is 1.89 bits per heavy atom. The Kier molecular flexibility index (Phi) is 5.78. The normalized spacial score (nSPS) is 12.7. The highest BCUT2D eigenvalue weighted by atomic mass is 16.6. The second-order valence-corrected chi connectivity index (χ2v) is 5.08. The molecule has 1 unspecified atom stereocenters. The van der Waals surface area contributed by atoms with Crippen LogP contribution < -0.4 is 5.32 Å². The number of rotatable bonds is 7. The van der Waals surface area contributed by atoms with Crippen molar-refractivity contribution in [3.05, 3.63) is 39.9 Å². The molecular formula is C14H22N2O2. The van der Waals surface area contributed by atoms with Crippen molar-refractivity contribution in [2.75, 3.05) is 7.05 Å². The fourth-order valence-corrected chi connectivity index (χ4v) is 2.07. The molecular weight excluding hydrogens is 228 g/mol. The lowest BCUT2D eigenvalue weighted by molar-refractivity contribution is -0.384. The van der Waals surface area contributed by atoms with E-state index in [1.54, 1.807) is 12.1 Å². The smallest absolute Gasteiger partial charge is 0.269 e. The number of non-ortho nitro benzene ring substituents is 1. The molecule has 0 heterocycles. The topological polar surface area (TPSA) is 55.2 Å². The maximum absolute atomic E-state index is 10.5. The molecule has 0 aliphatic carbocycles. The van der Waals surface area contributed by atoms with Gasteiger partial charge in [0.2, 0.25) is 0 Å². The molecule has 0 aliphatic rings. The van der Waals surface area contributed by atoms with Gasteiger partial charge in [-0.25, -0.2) is 0 Å². The van der Waals surface area contributed by atoms with Gasteiger partial charge in [0.1, 0.15) is 0 Å². The number of benzene rings is 1. The molecule has 100 valence electrons. The number of nitrogens with zero attached hydrogens (tertiary/aromatic N) is 1. The Morgan fingerprint density at radius 3 is 2.33 bits per heavy atom. The molecule has 1 N–H and O–H groups in total. The van der Waals surface area contributed by atoms with E-state index in [1.807, 2.05) is 19.2 Å². The Hall–Kier alpha value is -1.42. The van der Waals surface area contributed by atoms with Gasteiger partial charge in [-0.2, -0.15) is 0 Å². The largest absolute Gasteiger partial charge is 0.317 e. The van der Waals surface area contributed by atoms with Crippen LogP contribution in [-0.2, 0) is 6.42 Å². The highest BCUT2D eigenvalue weighted by Gasteiger charge is 2.09. The van der Waals surface area contributed by atoms with E-state index >= 15 is 0 Å². The first-order chi connectivity index (χ1) is 8.52. The summed E-state index contributed by atoms with van der Waals surface area (Å²) in [7, 11) is 1.99. The zero-order chi connectivity index (χ0) is 13.5. The quantitative estimate of drug-likeness (QED) is 0.597. The molecule has 0 radical (unpaired) electrons. The highest BCUT2D eigenvalue weighted by Crippen LogP contribution is 2.15. The van der Waals surface area contributed by atoms with Gasteiger partial charge in [-0.15, -0.1) is 0 Å². The summed E-state index contributed by atoms with van der Waals surface area (Å²) in [6, 6.07) is 7.36. The Bertz CT molecular complexity index is 374. The monoisotopic (exact) mass is 250 g/mol. The summed E-state index contributed by atoms with van der Waals surface area (Å²) in [6.45, 7) is 4.44. The number of hydrogen-bond acceptors (Lipinski definition) is 3. The SMILES string of the molecule is CNC(CCc1ccc([N+](=O)[O-])cc1)CC(C)C. The van der Waals surface area contributed by atoms with E-state index in [-0.39, 0.29) is 10.6 Å². The van der Waals surface area contributed by atoms with Crippen molar-refractivity contribution < 1.29 is 4.92 Å². The fourth-order valence-electron chi connectivity index (χ4n) is 2.07. The van der Waals surface area contributed by atoms with Gasteiger partial charge in [0.05, 0.1) is 4.92 Å². The van der Waals surface area contributed by atoms with E-state index in [0.717, 1.165) is 24.8 Å². The number of nitrogens with one attached hydrogen (secondary N) is 1. The average Bonchev–Trinajstić information content (AvgIpc) is 2.34. The zero-order valence-corrected chi connectivity index (χ0v) is 11.3. The van der Waals surface area contributed by atoms with Gasteiger partial charge >= 0.3 is 0 Å². The first kappa shape index (κ1) is 14.6. The summed E-state index contributed by atoms with van der Waals surface area (Å²) < 4.78 is 0. The molecule has 0 fully saturated rings. The lowest BCUT2D eigenvalue weighted by Crippen LogP contribution is -2.27. The molecule has 0 saturated carbocycles. The molecule has 0 aliphatic heterocycles. The molecule has 1 rings (SSSR count). The molecule has 0 saturated heterocycles. The van der Waals surface area contributed by atoms with Crippen molar-refractivity contribution in [2.24, 2.45) is 5.92 Å². The van der Waals surface area contributed by atoms with Gasteiger partial charge in [0.15, 0.2) is 0 Å². The predicted octanol–water partition coefficient (Wildman–Crippen LogP) is 3.16. The van der Waals surface area contributed by atoms with Gasteiger partial charge in [0.25, 0.3) is 5.69 Å². The van der Waals surface area contributed by atoms with E-state index in [0.29, 0.717) is 12.0 Å². The summed E-state index contributed by atoms with van der Waals surface area (Å²) in [4.78, 5) is 10.2. The maximum atomic E-state index is 10.5. The number of aryl methyl sites for hydroxylation is 1. The van der Waals surface area contributed by atoms with Gasteiger partial charge in [-0.3, -0.25) is 10.1 Å². The summed E-state index contributed by atoms with van der Waals surface area (Å²) in [5.74, 6) is 0.680. The zero-order valence-electron chi connectivity index (χ0n) is 11.3. The van der Waals surface area contributed by atoms with Gasteiger partial charge in [-0.05, 0) is 37.8 Å². The van der Waals surface area contributed by atoms with Gasteiger partial charge < -0.3 is 5.32 Å². The molecule has 4 nitrogen and oxygen atoms in total. The molecule has 0 aromatic heterocycles. The fraction of sp³-hybridized carbons (Fsp3) is 0.571. The molecule has 1 aromatic carbocycles. The summed E-state index contributed by atoms with van der Waals surface area (Å²) in [5.41, 5.74) is 1.32. The van der Waals surface area contributed by atoms with Crippen molar-refractivity contribution >= 4 is 5.69 Å². The Morgan fingerprint density at radius 1 is 1.28 bits per heavy atom. The molecule has 0 amide bonds. The molecule has 0 spiro atoms. The molecule has 18 heavy (non-hydrogen) atoms. The van der Waals surface area contributed by atoms with E-state index in [2.05, 4.69) is 19.2 Å². The Labute approximate surface area is 109 Å². The second-order valence-electron chi connectivity index (χ2n) is 5.08. The third kappa shape index (κ3) is 4.84. The van der Waals surface area contributed by atoms with Crippen molar-refractivity contribution in [3.8, 4) is 0 Å². The minimum atomic E-state index is -0.362. The molecule has 1 atom stereocenters. The molecule has 4 heteroatoms. The first-order valence-corrected chi connectivity index (χ1v) is 6.43. The van der Waals surface area contributed by atoms with E-state index in [9.17, 15) is 10.1 Å². The van der Waals surface area contributed by atoms with E-state index in [1.165, 1.54) is 0 Å². The lowest BCUT2D eigenvalue weighted by Gasteiger charge is -2.18. The van der Waals surface area contributed by atoms with E-state index < -0.39 is 0 Å². The van der Waals surface area contributed by atoms with Crippen molar-refractivity contribution in [1.82, 2.24) is 5.32 Å². The van der Waals surface area contributed by atoms with Crippen LogP contribution in [0.3, 0.4) is 0 Å². The van der Waals surface area contributed by atoms with Crippen LogP contribution in [0.1, 0.15) is 32.3 Å². The minimum absolute atomic E-state index is 0.158. The van der Waals surface area contributed by atoms with Crippen LogP contribution in [0.2, 0.25) is 0 Å². The van der Waals surface area contributed by atoms with Crippen molar-refractivity contribution in [3.63, 3.8) is 0 Å². The summed E-state index contributed by atoms with van der Waals surface area (Å²) >= 11 is 0. The van der Waals surface area contributed by atoms with Crippen LogP contribution in [0.25, 0.3) is 0 Å². The number of hydrogen-bond donors (Lipinski definition) is 1. The highest BCUT2D eigenvalue weighted by molar-refractivity contribution is 5.32. The first-order valence-electron chi connectivity index (χ1n) is 6.43. The molecule has 1 aromatic rings. The van der Waals surface area contributed by atoms with Crippen molar-refractivity contribution in [2.45, 2.75) is 39.2 Å². The van der Waals surface area contributed by atoms with Crippen LogP contribution in [0.5, 0.6) is 0 Å². The third-order valence-corrected chi connectivity index (χ3v) is 3.09. The standard InChI is InChI=1S/C14H22N2O2/c1-11(2)10-13(15-3)7-4-12-5-8-14(9-6-12)16(17)18/h5-6,8-9,11,13,15H,4,7,10H2,1-3H3. The van der Waals surface area contributed by atoms with E-state index in [4.69, 9.17) is 0 Å². The number of nitro groups is 1.